The highest BCUT2D eigenvalue weighted by molar-refractivity contribution is 5.92. The van der Waals surface area contributed by atoms with Gasteiger partial charge < -0.3 is 9.88 Å². The van der Waals surface area contributed by atoms with Gasteiger partial charge in [0.1, 0.15) is 6.33 Å². The van der Waals surface area contributed by atoms with E-state index in [1.807, 2.05) is 0 Å². The SMILES string of the molecule is Cn1cnnc1C(=O)CC1CCNC1. The number of hydrogen-bond donors (Lipinski definition) is 1. The standard InChI is InChI=1S/C9H14N4O/c1-13-6-11-12-9(13)8(14)4-7-2-3-10-5-7/h6-7,10H,2-5H2,1H3. The van der Waals surface area contributed by atoms with Gasteiger partial charge >= 0.3 is 0 Å². The maximum Gasteiger partial charge on any atom is 0.200 e. The van der Waals surface area contributed by atoms with E-state index < -0.39 is 0 Å². The topological polar surface area (TPSA) is 59.8 Å². The zero-order valence-electron chi connectivity index (χ0n) is 8.23. The van der Waals surface area contributed by atoms with E-state index in [1.54, 1.807) is 17.9 Å². The van der Waals surface area contributed by atoms with Crippen LogP contribution in [0.4, 0.5) is 0 Å². The molecule has 1 aromatic rings. The van der Waals surface area contributed by atoms with Crippen molar-refractivity contribution in [3.63, 3.8) is 0 Å². The average Bonchev–Trinajstić information content (AvgIpc) is 2.75. The second-order valence-electron chi connectivity index (χ2n) is 3.75. The maximum atomic E-state index is 11.7. The van der Waals surface area contributed by atoms with E-state index in [9.17, 15) is 4.79 Å². The maximum absolute atomic E-state index is 11.7. The molecule has 0 radical (unpaired) electrons. The van der Waals surface area contributed by atoms with Gasteiger partial charge in [0, 0.05) is 13.5 Å². The Morgan fingerprint density at radius 1 is 1.79 bits per heavy atom. The lowest BCUT2D eigenvalue weighted by Crippen LogP contribution is -2.15. The first kappa shape index (κ1) is 9.33. The van der Waals surface area contributed by atoms with Crippen molar-refractivity contribution in [3.8, 4) is 0 Å². The van der Waals surface area contributed by atoms with Gasteiger partial charge in [0.25, 0.3) is 0 Å². The Bertz CT molecular complexity index is 327. The van der Waals surface area contributed by atoms with Crippen molar-refractivity contribution in [1.29, 1.82) is 0 Å². The van der Waals surface area contributed by atoms with Crippen LogP contribution in [-0.4, -0.2) is 33.6 Å². The number of nitrogens with one attached hydrogen (secondary N) is 1. The van der Waals surface area contributed by atoms with Crippen molar-refractivity contribution in [2.24, 2.45) is 13.0 Å². The van der Waals surface area contributed by atoms with E-state index in [-0.39, 0.29) is 5.78 Å². The molecule has 1 fully saturated rings. The summed E-state index contributed by atoms with van der Waals surface area (Å²) in [5.74, 6) is 1.04. The lowest BCUT2D eigenvalue weighted by Gasteiger charge is -2.05. The number of aromatic nitrogens is 3. The van der Waals surface area contributed by atoms with Crippen LogP contribution in [-0.2, 0) is 7.05 Å². The third kappa shape index (κ3) is 1.82. The molecule has 5 heteroatoms. The lowest BCUT2D eigenvalue weighted by molar-refractivity contribution is 0.0951. The lowest BCUT2D eigenvalue weighted by atomic mass is 10.0. The van der Waals surface area contributed by atoms with E-state index in [0.717, 1.165) is 19.5 Å². The van der Waals surface area contributed by atoms with Crippen molar-refractivity contribution < 1.29 is 4.79 Å². The molecule has 1 aliphatic heterocycles. The highest BCUT2D eigenvalue weighted by Crippen LogP contribution is 2.14. The minimum Gasteiger partial charge on any atom is -0.316 e. The average molecular weight is 194 g/mol. The van der Waals surface area contributed by atoms with Gasteiger partial charge in [-0.2, -0.15) is 0 Å². The largest absolute Gasteiger partial charge is 0.316 e. The monoisotopic (exact) mass is 194 g/mol. The number of carbonyl (C=O) groups excluding carboxylic acids is 1. The molecule has 5 nitrogen and oxygen atoms in total. The number of ketones is 1. The summed E-state index contributed by atoms with van der Waals surface area (Å²) < 4.78 is 1.67. The molecule has 1 atom stereocenters. The number of rotatable bonds is 3. The number of Topliss-reactive ketones (excluding diaryl/α,β-unsaturated/α-hetero) is 1. The number of carbonyl (C=O) groups is 1. The molecule has 14 heavy (non-hydrogen) atoms. The summed E-state index contributed by atoms with van der Waals surface area (Å²) >= 11 is 0. The van der Waals surface area contributed by atoms with Crippen molar-refractivity contribution in [1.82, 2.24) is 20.1 Å². The fourth-order valence-electron chi connectivity index (χ4n) is 1.78. The van der Waals surface area contributed by atoms with E-state index in [1.165, 1.54) is 0 Å². The van der Waals surface area contributed by atoms with Gasteiger partial charge in [-0.05, 0) is 25.4 Å². The van der Waals surface area contributed by atoms with Crippen LogP contribution in [0.1, 0.15) is 23.5 Å². The molecule has 1 unspecified atom stereocenters. The normalized spacial score (nSPS) is 21.4. The van der Waals surface area contributed by atoms with Crippen LogP contribution in [0.2, 0.25) is 0 Å². The number of aryl methyl sites for hydroxylation is 1. The third-order valence-electron chi connectivity index (χ3n) is 2.60. The predicted octanol–water partition coefficient (Wildman–Crippen LogP) is -0.00260. The molecule has 0 amide bonds. The number of hydrogen-bond acceptors (Lipinski definition) is 4. The summed E-state index contributed by atoms with van der Waals surface area (Å²) in [5.41, 5.74) is 0. The summed E-state index contributed by atoms with van der Waals surface area (Å²) in [6, 6.07) is 0. The minimum absolute atomic E-state index is 0.0960. The molecule has 1 aromatic heterocycles. The third-order valence-corrected chi connectivity index (χ3v) is 2.60. The summed E-state index contributed by atoms with van der Waals surface area (Å²) in [6.07, 6.45) is 3.23. The Morgan fingerprint density at radius 3 is 3.21 bits per heavy atom. The minimum atomic E-state index is 0.0960. The van der Waals surface area contributed by atoms with Crippen LogP contribution in [0.3, 0.4) is 0 Å². The quantitative estimate of drug-likeness (QED) is 0.688. The van der Waals surface area contributed by atoms with Crippen LogP contribution in [0.15, 0.2) is 6.33 Å². The van der Waals surface area contributed by atoms with E-state index in [0.29, 0.717) is 18.2 Å². The Labute approximate surface area is 82.5 Å². The molecule has 0 aromatic carbocycles. The van der Waals surface area contributed by atoms with Gasteiger partial charge in [0.05, 0.1) is 0 Å². The first-order valence-corrected chi connectivity index (χ1v) is 4.85. The molecular formula is C9H14N4O. The summed E-state index contributed by atoms with van der Waals surface area (Å²) in [6.45, 7) is 1.97. The first-order chi connectivity index (χ1) is 6.77. The predicted molar refractivity (Wildman–Crippen MR) is 50.9 cm³/mol. The van der Waals surface area contributed by atoms with E-state index in [4.69, 9.17) is 0 Å². The van der Waals surface area contributed by atoms with Crippen LogP contribution in [0, 0.1) is 5.92 Å². The van der Waals surface area contributed by atoms with Crippen LogP contribution in [0.5, 0.6) is 0 Å². The molecule has 0 bridgehead atoms. The Balaban J connectivity index is 1.98. The zero-order chi connectivity index (χ0) is 9.97. The summed E-state index contributed by atoms with van der Waals surface area (Å²) in [7, 11) is 1.79. The molecule has 2 rings (SSSR count). The van der Waals surface area contributed by atoms with Gasteiger partial charge in [-0.15, -0.1) is 10.2 Å². The fourth-order valence-corrected chi connectivity index (χ4v) is 1.78. The molecular weight excluding hydrogens is 180 g/mol. The molecule has 2 heterocycles. The van der Waals surface area contributed by atoms with Crippen LogP contribution >= 0.6 is 0 Å². The van der Waals surface area contributed by atoms with Crippen LogP contribution in [0.25, 0.3) is 0 Å². The highest BCUT2D eigenvalue weighted by Gasteiger charge is 2.21. The smallest absolute Gasteiger partial charge is 0.200 e. The first-order valence-electron chi connectivity index (χ1n) is 4.85. The fraction of sp³-hybridized carbons (Fsp3) is 0.667. The van der Waals surface area contributed by atoms with Crippen molar-refractivity contribution in [3.05, 3.63) is 12.2 Å². The van der Waals surface area contributed by atoms with Gasteiger partial charge in [0.2, 0.25) is 5.78 Å². The van der Waals surface area contributed by atoms with Gasteiger partial charge in [-0.1, -0.05) is 0 Å². The Kier molecular flexibility index (Phi) is 2.58. The number of nitrogens with zero attached hydrogens (tertiary/aromatic N) is 3. The second-order valence-corrected chi connectivity index (χ2v) is 3.75. The molecule has 1 aliphatic rings. The van der Waals surface area contributed by atoms with Crippen LogP contribution < -0.4 is 5.32 Å². The molecule has 1 saturated heterocycles. The second kappa shape index (κ2) is 3.88. The highest BCUT2D eigenvalue weighted by atomic mass is 16.1. The van der Waals surface area contributed by atoms with Crippen molar-refractivity contribution in [2.45, 2.75) is 12.8 Å². The van der Waals surface area contributed by atoms with E-state index >= 15 is 0 Å². The Morgan fingerprint density at radius 2 is 2.64 bits per heavy atom. The van der Waals surface area contributed by atoms with Gasteiger partial charge in [0.15, 0.2) is 5.82 Å². The molecule has 76 valence electrons. The van der Waals surface area contributed by atoms with Crippen molar-refractivity contribution in [2.75, 3.05) is 13.1 Å². The van der Waals surface area contributed by atoms with Gasteiger partial charge in [-0.25, -0.2) is 0 Å². The molecule has 0 spiro atoms. The van der Waals surface area contributed by atoms with Crippen molar-refractivity contribution >= 4 is 5.78 Å². The zero-order valence-corrected chi connectivity index (χ0v) is 8.23. The van der Waals surface area contributed by atoms with Gasteiger partial charge in [-0.3, -0.25) is 4.79 Å². The molecule has 0 aliphatic carbocycles. The molecule has 1 N–H and O–H groups in total. The van der Waals surface area contributed by atoms with E-state index in [2.05, 4.69) is 15.5 Å². The summed E-state index contributed by atoms with van der Waals surface area (Å²) in [4.78, 5) is 11.7. The molecule has 0 saturated carbocycles. The summed E-state index contributed by atoms with van der Waals surface area (Å²) in [5, 5.41) is 10.7. The Hall–Kier alpha value is -1.23.